The molecule has 1 N–H and O–H groups in total. The topological polar surface area (TPSA) is 66.5 Å². The van der Waals surface area contributed by atoms with Gasteiger partial charge in [-0.05, 0) is 43.2 Å². The van der Waals surface area contributed by atoms with Crippen molar-refractivity contribution in [3.05, 3.63) is 60.2 Å². The van der Waals surface area contributed by atoms with Gasteiger partial charge in [-0.3, -0.25) is 19.3 Å². The summed E-state index contributed by atoms with van der Waals surface area (Å²) in [5.41, 5.74) is 1.53. The number of hydrogen-bond donors (Lipinski definition) is 1. The summed E-state index contributed by atoms with van der Waals surface area (Å²) in [6.45, 7) is 0. The van der Waals surface area contributed by atoms with Crippen LogP contribution >= 0.6 is 31.9 Å². The Balaban J connectivity index is 1.58. The van der Waals surface area contributed by atoms with Crippen molar-refractivity contribution < 1.29 is 14.4 Å². The van der Waals surface area contributed by atoms with Crippen LogP contribution in [0.3, 0.4) is 0 Å². The number of benzene rings is 2. The Morgan fingerprint density at radius 2 is 1.50 bits per heavy atom. The maximum atomic E-state index is 12.9. The predicted octanol–water partition coefficient (Wildman–Crippen LogP) is 4.37. The second kappa shape index (κ2) is 7.79. The molecule has 1 saturated carbocycles. The van der Waals surface area contributed by atoms with Gasteiger partial charge in [-0.15, -0.1) is 0 Å². The van der Waals surface area contributed by atoms with Crippen LogP contribution in [0.4, 0.5) is 11.4 Å². The zero-order valence-electron chi connectivity index (χ0n) is 14.8. The molecule has 2 aliphatic rings. The van der Waals surface area contributed by atoms with Crippen LogP contribution in [0.2, 0.25) is 0 Å². The number of imide groups is 1. The first kappa shape index (κ1) is 19.3. The van der Waals surface area contributed by atoms with Gasteiger partial charge in [0.05, 0.1) is 17.5 Å². The third-order valence-electron chi connectivity index (χ3n) is 5.31. The molecule has 1 heterocycles. The van der Waals surface area contributed by atoms with Gasteiger partial charge in [-0.2, -0.15) is 0 Å². The number of carbonyl (C=O) groups excluding carboxylic acids is 3. The number of amides is 3. The molecule has 1 aliphatic carbocycles. The Bertz CT molecular complexity index is 906. The van der Waals surface area contributed by atoms with Gasteiger partial charge in [0, 0.05) is 20.9 Å². The minimum absolute atomic E-state index is 0.161. The van der Waals surface area contributed by atoms with E-state index in [0.29, 0.717) is 29.8 Å². The summed E-state index contributed by atoms with van der Waals surface area (Å²) in [6.07, 6.45) is 1.24. The lowest BCUT2D eigenvalue weighted by atomic mass is 9.81. The van der Waals surface area contributed by atoms with Gasteiger partial charge in [0.15, 0.2) is 0 Å². The molecule has 5 nitrogen and oxygen atoms in total. The second-order valence-electron chi connectivity index (χ2n) is 7.10. The molecule has 28 heavy (non-hydrogen) atoms. The molecule has 2 aromatic carbocycles. The van der Waals surface area contributed by atoms with E-state index in [9.17, 15) is 14.4 Å². The van der Waals surface area contributed by atoms with Crippen molar-refractivity contribution in [3.63, 3.8) is 0 Å². The number of rotatable bonds is 3. The fourth-order valence-corrected chi connectivity index (χ4v) is 5.10. The van der Waals surface area contributed by atoms with E-state index in [2.05, 4.69) is 37.2 Å². The average Bonchev–Trinajstić information content (AvgIpc) is 2.93. The number of alkyl halides is 2. The third kappa shape index (κ3) is 3.53. The Morgan fingerprint density at radius 3 is 2.11 bits per heavy atom. The van der Waals surface area contributed by atoms with Gasteiger partial charge in [0.1, 0.15) is 0 Å². The van der Waals surface area contributed by atoms with Crippen molar-refractivity contribution in [3.8, 4) is 0 Å². The molecule has 0 spiro atoms. The Hall–Kier alpha value is -1.99. The van der Waals surface area contributed by atoms with Crippen LogP contribution in [0.15, 0.2) is 54.6 Å². The molecule has 2 aromatic rings. The first-order chi connectivity index (χ1) is 13.5. The maximum Gasteiger partial charge on any atom is 0.255 e. The van der Waals surface area contributed by atoms with E-state index in [1.54, 1.807) is 36.4 Å². The Labute approximate surface area is 179 Å². The van der Waals surface area contributed by atoms with Crippen molar-refractivity contribution in [2.24, 2.45) is 11.8 Å². The van der Waals surface area contributed by atoms with E-state index >= 15 is 0 Å². The minimum atomic E-state index is -0.313. The van der Waals surface area contributed by atoms with Crippen molar-refractivity contribution in [1.29, 1.82) is 0 Å². The summed E-state index contributed by atoms with van der Waals surface area (Å²) >= 11 is 7.19. The van der Waals surface area contributed by atoms with Crippen molar-refractivity contribution in [1.82, 2.24) is 0 Å². The highest BCUT2D eigenvalue weighted by Gasteiger charge is 2.52. The summed E-state index contributed by atoms with van der Waals surface area (Å²) in [5, 5.41) is 2.82. The summed E-state index contributed by atoms with van der Waals surface area (Å²) in [6, 6.07) is 15.8. The molecule has 144 valence electrons. The molecule has 0 aromatic heterocycles. The fraction of sp³-hybridized carbons (Fsp3) is 0.286. The van der Waals surface area contributed by atoms with E-state index < -0.39 is 0 Å². The van der Waals surface area contributed by atoms with Gasteiger partial charge in [0.25, 0.3) is 5.91 Å². The fourth-order valence-electron chi connectivity index (χ4n) is 3.86. The van der Waals surface area contributed by atoms with Gasteiger partial charge in [0.2, 0.25) is 11.8 Å². The third-order valence-corrected chi connectivity index (χ3v) is 8.04. The number of anilines is 2. The number of nitrogens with zero attached hydrogens (tertiary/aromatic N) is 1. The zero-order valence-corrected chi connectivity index (χ0v) is 18.0. The van der Waals surface area contributed by atoms with E-state index in [0.717, 1.165) is 0 Å². The molecule has 7 heteroatoms. The monoisotopic (exact) mass is 504 g/mol. The summed E-state index contributed by atoms with van der Waals surface area (Å²) < 4.78 is 0. The van der Waals surface area contributed by atoms with Gasteiger partial charge >= 0.3 is 0 Å². The largest absolute Gasteiger partial charge is 0.322 e. The number of hydrogen-bond acceptors (Lipinski definition) is 3. The average molecular weight is 506 g/mol. The highest BCUT2D eigenvalue weighted by molar-refractivity contribution is 9.12. The summed E-state index contributed by atoms with van der Waals surface area (Å²) in [4.78, 5) is 40.0. The van der Waals surface area contributed by atoms with Crippen LogP contribution in [0.5, 0.6) is 0 Å². The lowest BCUT2D eigenvalue weighted by Crippen LogP contribution is -2.34. The summed E-state index contributed by atoms with van der Waals surface area (Å²) in [5.74, 6) is -1.27. The normalized spacial score (nSPS) is 26.9. The van der Waals surface area contributed by atoms with Crippen LogP contribution in [0.1, 0.15) is 23.2 Å². The van der Waals surface area contributed by atoms with Crippen molar-refractivity contribution in [2.45, 2.75) is 22.5 Å². The van der Waals surface area contributed by atoms with E-state index in [1.807, 2.05) is 18.2 Å². The molecule has 0 radical (unpaired) electrons. The molecule has 4 atom stereocenters. The smallest absolute Gasteiger partial charge is 0.255 e. The van der Waals surface area contributed by atoms with E-state index in [1.165, 1.54) is 4.90 Å². The Morgan fingerprint density at radius 1 is 0.893 bits per heavy atom. The molecule has 2 fully saturated rings. The minimum Gasteiger partial charge on any atom is -0.322 e. The molecule has 1 saturated heterocycles. The second-order valence-corrected chi connectivity index (χ2v) is 9.45. The van der Waals surface area contributed by atoms with Crippen molar-refractivity contribution in [2.75, 3.05) is 10.2 Å². The summed E-state index contributed by atoms with van der Waals surface area (Å²) in [7, 11) is 0. The highest BCUT2D eigenvalue weighted by Crippen LogP contribution is 2.44. The molecular weight excluding hydrogens is 488 g/mol. The lowest BCUT2D eigenvalue weighted by molar-refractivity contribution is -0.122. The SMILES string of the molecule is O=C(Nc1ccccc1)c1cccc(N2C(=O)[C@@H]3C[C@@H](Br)[C@@H](Br)C[C@H]3C2=O)c1. The predicted molar refractivity (Wildman–Crippen MR) is 115 cm³/mol. The number of nitrogens with one attached hydrogen (secondary N) is 1. The van der Waals surface area contributed by atoms with Crippen molar-refractivity contribution >= 4 is 61.0 Å². The van der Waals surface area contributed by atoms with Crippen LogP contribution in [-0.2, 0) is 9.59 Å². The Kier molecular flexibility index (Phi) is 5.38. The number of para-hydroxylation sites is 1. The lowest BCUT2D eigenvalue weighted by Gasteiger charge is -2.29. The quantitative estimate of drug-likeness (QED) is 0.497. The number of carbonyl (C=O) groups is 3. The van der Waals surface area contributed by atoms with Gasteiger partial charge in [-0.25, -0.2) is 0 Å². The number of fused-ring (bicyclic) bond motifs is 1. The first-order valence-electron chi connectivity index (χ1n) is 9.08. The van der Waals surface area contributed by atoms with E-state index in [-0.39, 0.29) is 39.2 Å². The molecular formula is C21H18Br2N2O3. The zero-order chi connectivity index (χ0) is 19.8. The van der Waals surface area contributed by atoms with Crippen LogP contribution < -0.4 is 10.2 Å². The molecule has 1 aliphatic heterocycles. The standard InChI is InChI=1S/C21H18Br2N2O3/c22-17-10-15-16(11-18(17)23)21(28)25(20(15)27)14-8-4-5-12(9-14)19(26)24-13-6-2-1-3-7-13/h1-9,15-18H,10-11H2,(H,24,26)/t15-,16-,17-,18+/m1/s1. The van der Waals surface area contributed by atoms with Gasteiger partial charge in [-0.1, -0.05) is 56.1 Å². The highest BCUT2D eigenvalue weighted by atomic mass is 79.9. The molecule has 0 unspecified atom stereocenters. The van der Waals surface area contributed by atoms with Crippen LogP contribution in [0.25, 0.3) is 0 Å². The molecule has 0 bridgehead atoms. The molecule has 3 amide bonds. The first-order valence-corrected chi connectivity index (χ1v) is 10.9. The maximum absolute atomic E-state index is 12.9. The van der Waals surface area contributed by atoms with Crippen LogP contribution in [0, 0.1) is 11.8 Å². The molecule has 4 rings (SSSR count). The van der Waals surface area contributed by atoms with E-state index in [4.69, 9.17) is 0 Å². The van der Waals surface area contributed by atoms with Crippen LogP contribution in [-0.4, -0.2) is 27.4 Å². The van der Waals surface area contributed by atoms with Gasteiger partial charge < -0.3 is 5.32 Å². The number of halogens is 2.